The molecule has 0 atom stereocenters. The van der Waals surface area contributed by atoms with Crippen molar-refractivity contribution in [2.75, 3.05) is 6.54 Å². The molecule has 0 fully saturated rings. The number of rotatable bonds is 7. The molecule has 146 valence electrons. The lowest BCUT2D eigenvalue weighted by atomic mass is 10.3. The van der Waals surface area contributed by atoms with E-state index in [1.54, 1.807) is 0 Å². The highest BCUT2D eigenvalue weighted by Crippen LogP contribution is 2.25. The molecule has 10 heteroatoms. The van der Waals surface area contributed by atoms with E-state index in [9.17, 15) is 0 Å². The molecule has 0 saturated carbocycles. The number of nitrogens with zero attached hydrogens (tertiary/aromatic N) is 5. The van der Waals surface area contributed by atoms with Crippen LogP contribution in [0.1, 0.15) is 37.1 Å². The second-order valence-corrected chi connectivity index (χ2v) is 6.62. The third-order valence-electron chi connectivity index (χ3n) is 4.03. The first-order valence-corrected chi connectivity index (χ1v) is 9.06. The molecule has 2 rings (SSSR count). The van der Waals surface area contributed by atoms with Gasteiger partial charge in [-0.05, 0) is 19.4 Å². The van der Waals surface area contributed by atoms with Gasteiger partial charge < -0.3 is 19.8 Å². The van der Waals surface area contributed by atoms with E-state index in [0.29, 0.717) is 23.3 Å². The second-order valence-electron chi connectivity index (χ2n) is 5.85. The van der Waals surface area contributed by atoms with Crippen molar-refractivity contribution in [1.29, 1.82) is 0 Å². The minimum Gasteiger partial charge on any atom is -0.356 e. The summed E-state index contributed by atoms with van der Waals surface area (Å²) < 4.78 is 3.79. The minimum absolute atomic E-state index is 0. The number of guanidine groups is 1. The van der Waals surface area contributed by atoms with Crippen molar-refractivity contribution in [2.24, 2.45) is 19.1 Å². The molecule has 0 aliphatic heterocycles. The van der Waals surface area contributed by atoms with Crippen molar-refractivity contribution in [2.45, 2.75) is 39.8 Å². The third kappa shape index (κ3) is 6.02. The summed E-state index contributed by atoms with van der Waals surface area (Å²) in [5, 5.41) is 15.9. The average Bonchev–Trinajstić information content (AvgIpc) is 3.04. The fraction of sp³-hybridized carbons (Fsp3) is 0.562. The zero-order valence-corrected chi connectivity index (χ0v) is 19.4. The van der Waals surface area contributed by atoms with E-state index in [2.05, 4.69) is 32.7 Å². The van der Waals surface area contributed by atoms with Gasteiger partial charge in [0, 0.05) is 26.3 Å². The van der Waals surface area contributed by atoms with E-state index in [-0.39, 0.29) is 24.0 Å². The standard InChI is InChI=1S/C16H25Cl2N7.HI/c1-5-6-7-19-16(21-10-14-23-22-11(2)24(14)3)20-9-12-8-13(17)15(18)25(12)4;/h8H,5-7,9-10H2,1-4H3,(H2,19,20,21);1H. The lowest BCUT2D eigenvalue weighted by Gasteiger charge is -2.12. The van der Waals surface area contributed by atoms with Gasteiger partial charge in [0.15, 0.2) is 11.8 Å². The van der Waals surface area contributed by atoms with Gasteiger partial charge in [-0.3, -0.25) is 0 Å². The molecule has 0 amide bonds. The van der Waals surface area contributed by atoms with Crippen molar-refractivity contribution in [1.82, 2.24) is 30.0 Å². The number of aromatic nitrogens is 4. The van der Waals surface area contributed by atoms with Crippen LogP contribution in [0.4, 0.5) is 0 Å². The van der Waals surface area contributed by atoms with Crippen LogP contribution in [0.5, 0.6) is 0 Å². The maximum absolute atomic E-state index is 6.11. The Morgan fingerprint density at radius 2 is 1.92 bits per heavy atom. The summed E-state index contributed by atoms with van der Waals surface area (Å²) >= 11 is 12.2. The van der Waals surface area contributed by atoms with Crippen molar-refractivity contribution in [3.8, 4) is 0 Å². The van der Waals surface area contributed by atoms with E-state index >= 15 is 0 Å². The number of hydrogen-bond acceptors (Lipinski definition) is 3. The van der Waals surface area contributed by atoms with Crippen LogP contribution < -0.4 is 10.6 Å². The van der Waals surface area contributed by atoms with E-state index in [1.807, 2.05) is 36.2 Å². The predicted molar refractivity (Wildman–Crippen MR) is 117 cm³/mol. The Balaban J connectivity index is 0.00000338. The summed E-state index contributed by atoms with van der Waals surface area (Å²) in [6, 6.07) is 1.84. The van der Waals surface area contributed by atoms with Gasteiger partial charge in [0.1, 0.15) is 11.0 Å². The number of aliphatic imine (C=N–C) groups is 1. The van der Waals surface area contributed by atoms with Gasteiger partial charge in [-0.15, -0.1) is 34.2 Å². The predicted octanol–water partition coefficient (Wildman–Crippen LogP) is 3.42. The quantitative estimate of drug-likeness (QED) is 0.257. The summed E-state index contributed by atoms with van der Waals surface area (Å²) in [4.78, 5) is 4.63. The minimum atomic E-state index is 0. The van der Waals surface area contributed by atoms with Gasteiger partial charge in [0.25, 0.3) is 0 Å². The molecular weight excluding hydrogens is 488 g/mol. The number of halogens is 3. The normalized spacial score (nSPS) is 11.4. The lowest BCUT2D eigenvalue weighted by Crippen LogP contribution is -2.38. The monoisotopic (exact) mass is 513 g/mol. The fourth-order valence-corrected chi connectivity index (χ4v) is 2.64. The topological polar surface area (TPSA) is 72.1 Å². The van der Waals surface area contributed by atoms with Gasteiger partial charge in [-0.25, -0.2) is 4.99 Å². The third-order valence-corrected chi connectivity index (χ3v) is 4.88. The molecule has 0 saturated heterocycles. The average molecular weight is 514 g/mol. The maximum atomic E-state index is 6.11. The van der Waals surface area contributed by atoms with Crippen LogP contribution in [0.25, 0.3) is 0 Å². The van der Waals surface area contributed by atoms with Crippen LogP contribution in [-0.2, 0) is 27.2 Å². The van der Waals surface area contributed by atoms with E-state index < -0.39 is 0 Å². The Labute approximate surface area is 181 Å². The Bertz CT molecular complexity index is 739. The molecule has 0 unspecified atom stereocenters. The van der Waals surface area contributed by atoms with Gasteiger partial charge in [-0.1, -0.05) is 36.5 Å². The Kier molecular flexibility index (Phi) is 9.73. The first kappa shape index (κ1) is 23.0. The highest BCUT2D eigenvalue weighted by atomic mass is 127. The van der Waals surface area contributed by atoms with Crippen LogP contribution in [0.2, 0.25) is 10.2 Å². The highest BCUT2D eigenvalue weighted by Gasteiger charge is 2.10. The molecule has 2 aromatic rings. The molecule has 2 heterocycles. The molecule has 0 aliphatic carbocycles. The first-order chi connectivity index (χ1) is 11.9. The summed E-state index contributed by atoms with van der Waals surface area (Å²) in [7, 11) is 3.82. The Hall–Kier alpha value is -1.000. The molecule has 0 radical (unpaired) electrons. The SMILES string of the molecule is CCCCNC(=NCc1cc(Cl)c(Cl)n1C)NCc1nnc(C)n1C.I. The molecule has 0 aliphatic rings. The zero-order chi connectivity index (χ0) is 18.4. The Morgan fingerprint density at radius 1 is 1.19 bits per heavy atom. The van der Waals surface area contributed by atoms with E-state index in [4.69, 9.17) is 23.2 Å². The number of aryl methyl sites for hydroxylation is 1. The molecule has 2 N–H and O–H groups in total. The van der Waals surface area contributed by atoms with Crippen molar-refractivity contribution in [3.05, 3.63) is 33.6 Å². The number of unbranched alkanes of at least 4 members (excludes halogenated alkanes) is 1. The summed E-state index contributed by atoms with van der Waals surface area (Å²) in [6.45, 7) is 5.96. The maximum Gasteiger partial charge on any atom is 0.192 e. The van der Waals surface area contributed by atoms with Crippen molar-refractivity contribution >= 4 is 53.1 Å². The summed E-state index contributed by atoms with van der Waals surface area (Å²) in [5.41, 5.74) is 0.945. The number of hydrogen-bond donors (Lipinski definition) is 2. The molecule has 26 heavy (non-hydrogen) atoms. The molecule has 7 nitrogen and oxygen atoms in total. The first-order valence-electron chi connectivity index (χ1n) is 8.30. The summed E-state index contributed by atoms with van der Waals surface area (Å²) in [5.74, 6) is 2.46. The fourth-order valence-electron chi connectivity index (χ4n) is 2.23. The molecule has 0 bridgehead atoms. The Morgan fingerprint density at radius 3 is 2.46 bits per heavy atom. The highest BCUT2D eigenvalue weighted by molar-refractivity contribution is 14.0. The van der Waals surface area contributed by atoms with Crippen molar-refractivity contribution < 1.29 is 0 Å². The van der Waals surface area contributed by atoms with Crippen LogP contribution in [0, 0.1) is 6.92 Å². The second kappa shape index (κ2) is 11.0. The molecular formula is C16H26Cl2IN7. The largest absolute Gasteiger partial charge is 0.356 e. The van der Waals surface area contributed by atoms with Gasteiger partial charge in [0.05, 0.1) is 18.1 Å². The lowest BCUT2D eigenvalue weighted by molar-refractivity contribution is 0.693. The molecule has 2 aromatic heterocycles. The smallest absolute Gasteiger partial charge is 0.192 e. The van der Waals surface area contributed by atoms with Gasteiger partial charge in [-0.2, -0.15) is 0 Å². The van der Waals surface area contributed by atoms with Crippen LogP contribution in [-0.4, -0.2) is 31.8 Å². The zero-order valence-electron chi connectivity index (χ0n) is 15.5. The van der Waals surface area contributed by atoms with E-state index in [0.717, 1.165) is 42.7 Å². The van der Waals surface area contributed by atoms with Gasteiger partial charge in [0.2, 0.25) is 0 Å². The number of nitrogens with one attached hydrogen (secondary N) is 2. The van der Waals surface area contributed by atoms with Crippen molar-refractivity contribution in [3.63, 3.8) is 0 Å². The molecule has 0 spiro atoms. The molecule has 0 aromatic carbocycles. The van der Waals surface area contributed by atoms with Gasteiger partial charge >= 0.3 is 0 Å². The van der Waals surface area contributed by atoms with Crippen LogP contribution >= 0.6 is 47.2 Å². The van der Waals surface area contributed by atoms with E-state index in [1.165, 1.54) is 0 Å². The summed E-state index contributed by atoms with van der Waals surface area (Å²) in [6.07, 6.45) is 2.19. The van der Waals surface area contributed by atoms with Crippen LogP contribution in [0.15, 0.2) is 11.1 Å². The van der Waals surface area contributed by atoms with Crippen LogP contribution in [0.3, 0.4) is 0 Å².